The summed E-state index contributed by atoms with van der Waals surface area (Å²) < 4.78 is 0. The first kappa shape index (κ1) is 14.2. The van der Waals surface area contributed by atoms with Crippen molar-refractivity contribution in [2.45, 2.75) is 33.7 Å². The SMILES string of the molecule is Cc1ccc2c(c1)C(=O)N(C(C(=O)O)C(C)(C)C)C2=O. The zero-order chi connectivity index (χ0) is 15.2. The van der Waals surface area contributed by atoms with Gasteiger partial charge in [-0.1, -0.05) is 32.4 Å². The summed E-state index contributed by atoms with van der Waals surface area (Å²) in [5, 5.41) is 9.39. The number of benzene rings is 1. The second kappa shape index (κ2) is 4.44. The highest BCUT2D eigenvalue weighted by Crippen LogP contribution is 2.32. The van der Waals surface area contributed by atoms with Gasteiger partial charge in [-0.25, -0.2) is 4.79 Å². The number of carbonyl (C=O) groups is 3. The Kier molecular flexibility index (Phi) is 3.16. The fourth-order valence-electron chi connectivity index (χ4n) is 2.48. The van der Waals surface area contributed by atoms with Gasteiger partial charge in [0.15, 0.2) is 0 Å². The zero-order valence-corrected chi connectivity index (χ0v) is 11.9. The molecule has 0 fully saturated rings. The molecule has 0 saturated carbocycles. The third-order valence-corrected chi connectivity index (χ3v) is 3.39. The lowest BCUT2D eigenvalue weighted by Gasteiger charge is -2.33. The predicted molar refractivity (Wildman–Crippen MR) is 72.6 cm³/mol. The number of carboxylic acid groups (broad SMARTS) is 1. The summed E-state index contributed by atoms with van der Waals surface area (Å²) >= 11 is 0. The first-order chi connectivity index (χ1) is 9.14. The summed E-state index contributed by atoms with van der Waals surface area (Å²) in [7, 11) is 0. The van der Waals surface area contributed by atoms with Gasteiger partial charge in [-0.05, 0) is 24.5 Å². The van der Waals surface area contributed by atoms with Crippen molar-refractivity contribution in [1.82, 2.24) is 4.90 Å². The number of aliphatic carboxylic acids is 1. The first-order valence-corrected chi connectivity index (χ1v) is 6.36. The number of hydrogen-bond acceptors (Lipinski definition) is 3. The standard InChI is InChI=1S/C15H17NO4/c1-8-5-6-9-10(7-8)13(18)16(12(9)17)11(14(19)20)15(2,3)4/h5-7,11H,1-4H3,(H,19,20). The van der Waals surface area contributed by atoms with Gasteiger partial charge in [0.25, 0.3) is 11.8 Å². The average Bonchev–Trinajstić information content (AvgIpc) is 2.52. The Morgan fingerprint density at radius 1 is 1.15 bits per heavy atom. The molecule has 1 aliphatic rings. The number of carboxylic acids is 1. The molecule has 0 bridgehead atoms. The Morgan fingerprint density at radius 3 is 2.20 bits per heavy atom. The molecule has 20 heavy (non-hydrogen) atoms. The highest BCUT2D eigenvalue weighted by molar-refractivity contribution is 6.22. The summed E-state index contributed by atoms with van der Waals surface area (Å²) in [5.41, 5.74) is 0.671. The van der Waals surface area contributed by atoms with Crippen molar-refractivity contribution in [3.05, 3.63) is 34.9 Å². The molecule has 0 saturated heterocycles. The van der Waals surface area contributed by atoms with E-state index >= 15 is 0 Å². The van der Waals surface area contributed by atoms with Crippen LogP contribution in [0.2, 0.25) is 0 Å². The number of rotatable bonds is 2. The normalized spacial score (nSPS) is 16.3. The van der Waals surface area contributed by atoms with E-state index in [0.29, 0.717) is 0 Å². The Balaban J connectivity index is 2.54. The minimum Gasteiger partial charge on any atom is -0.480 e. The molecule has 1 unspecified atom stereocenters. The maximum absolute atomic E-state index is 12.4. The molecule has 0 radical (unpaired) electrons. The smallest absolute Gasteiger partial charge is 0.327 e. The summed E-state index contributed by atoms with van der Waals surface area (Å²) in [5.74, 6) is -2.24. The third kappa shape index (κ3) is 2.09. The number of carbonyl (C=O) groups excluding carboxylic acids is 2. The minimum atomic E-state index is -1.18. The van der Waals surface area contributed by atoms with Crippen LogP contribution < -0.4 is 0 Å². The summed E-state index contributed by atoms with van der Waals surface area (Å²) in [6.45, 7) is 6.90. The second-order valence-electron chi connectivity index (χ2n) is 6.14. The van der Waals surface area contributed by atoms with Crippen LogP contribution in [0.3, 0.4) is 0 Å². The topological polar surface area (TPSA) is 74.7 Å². The van der Waals surface area contributed by atoms with Crippen LogP contribution in [0, 0.1) is 12.3 Å². The molecule has 106 valence electrons. The van der Waals surface area contributed by atoms with E-state index in [1.165, 1.54) is 0 Å². The monoisotopic (exact) mass is 275 g/mol. The van der Waals surface area contributed by atoms with Gasteiger partial charge in [0.1, 0.15) is 6.04 Å². The summed E-state index contributed by atoms with van der Waals surface area (Å²) in [6, 6.07) is 3.75. The highest BCUT2D eigenvalue weighted by Gasteiger charge is 2.47. The Labute approximate surface area is 117 Å². The zero-order valence-electron chi connectivity index (χ0n) is 11.9. The third-order valence-electron chi connectivity index (χ3n) is 3.39. The van der Waals surface area contributed by atoms with Gasteiger partial charge in [-0.15, -0.1) is 0 Å². The lowest BCUT2D eigenvalue weighted by atomic mass is 9.85. The minimum absolute atomic E-state index is 0.274. The Morgan fingerprint density at radius 2 is 1.70 bits per heavy atom. The van der Waals surface area contributed by atoms with Crippen LogP contribution in [0.25, 0.3) is 0 Å². The van der Waals surface area contributed by atoms with Crippen molar-refractivity contribution >= 4 is 17.8 Å². The van der Waals surface area contributed by atoms with E-state index in [0.717, 1.165) is 10.5 Å². The molecule has 0 aromatic heterocycles. The molecular formula is C15H17NO4. The molecule has 5 heteroatoms. The van der Waals surface area contributed by atoms with Gasteiger partial charge >= 0.3 is 5.97 Å². The van der Waals surface area contributed by atoms with Crippen molar-refractivity contribution < 1.29 is 19.5 Å². The van der Waals surface area contributed by atoms with Crippen LogP contribution in [0.15, 0.2) is 18.2 Å². The van der Waals surface area contributed by atoms with Crippen LogP contribution in [0.4, 0.5) is 0 Å². The molecule has 1 aromatic rings. The largest absolute Gasteiger partial charge is 0.480 e. The van der Waals surface area contributed by atoms with Gasteiger partial charge in [0.05, 0.1) is 11.1 Å². The van der Waals surface area contributed by atoms with E-state index < -0.39 is 29.2 Å². The highest BCUT2D eigenvalue weighted by atomic mass is 16.4. The van der Waals surface area contributed by atoms with E-state index in [9.17, 15) is 19.5 Å². The van der Waals surface area contributed by atoms with Crippen molar-refractivity contribution in [2.24, 2.45) is 5.41 Å². The van der Waals surface area contributed by atoms with Crippen LogP contribution in [0.5, 0.6) is 0 Å². The van der Waals surface area contributed by atoms with Gasteiger partial charge in [-0.2, -0.15) is 0 Å². The molecule has 1 aromatic carbocycles. The fourth-order valence-corrected chi connectivity index (χ4v) is 2.48. The molecular weight excluding hydrogens is 258 g/mol. The van der Waals surface area contributed by atoms with Crippen LogP contribution >= 0.6 is 0 Å². The molecule has 1 atom stereocenters. The molecule has 5 nitrogen and oxygen atoms in total. The molecule has 1 aliphatic heterocycles. The molecule has 2 amide bonds. The van der Waals surface area contributed by atoms with E-state index in [-0.39, 0.29) is 11.1 Å². The Hall–Kier alpha value is -2.17. The van der Waals surface area contributed by atoms with Gasteiger partial charge in [-0.3, -0.25) is 14.5 Å². The fraction of sp³-hybridized carbons (Fsp3) is 0.400. The van der Waals surface area contributed by atoms with Gasteiger partial charge in [0.2, 0.25) is 0 Å². The summed E-state index contributed by atoms with van der Waals surface area (Å²) in [4.78, 5) is 37.1. The van der Waals surface area contributed by atoms with E-state index in [4.69, 9.17) is 0 Å². The first-order valence-electron chi connectivity index (χ1n) is 6.36. The van der Waals surface area contributed by atoms with E-state index in [2.05, 4.69) is 0 Å². The maximum Gasteiger partial charge on any atom is 0.327 e. The van der Waals surface area contributed by atoms with Crippen LogP contribution in [-0.4, -0.2) is 33.8 Å². The lowest BCUT2D eigenvalue weighted by molar-refractivity contribution is -0.145. The predicted octanol–water partition coefficient (Wildman–Crippen LogP) is 2.09. The molecule has 1 heterocycles. The van der Waals surface area contributed by atoms with Crippen molar-refractivity contribution in [3.63, 3.8) is 0 Å². The van der Waals surface area contributed by atoms with Crippen molar-refractivity contribution in [1.29, 1.82) is 0 Å². The van der Waals surface area contributed by atoms with Gasteiger partial charge in [0, 0.05) is 0 Å². The average molecular weight is 275 g/mol. The molecule has 0 aliphatic carbocycles. The maximum atomic E-state index is 12.4. The van der Waals surface area contributed by atoms with E-state index in [1.54, 1.807) is 39.0 Å². The van der Waals surface area contributed by atoms with Gasteiger partial charge < -0.3 is 5.11 Å². The number of amides is 2. The Bertz CT molecular complexity index is 613. The van der Waals surface area contributed by atoms with Crippen molar-refractivity contribution in [2.75, 3.05) is 0 Å². The molecule has 1 N–H and O–H groups in total. The summed E-state index contributed by atoms with van der Waals surface area (Å²) in [6.07, 6.45) is 0. The number of nitrogens with zero attached hydrogens (tertiary/aromatic N) is 1. The quantitative estimate of drug-likeness (QED) is 0.839. The number of hydrogen-bond donors (Lipinski definition) is 1. The van der Waals surface area contributed by atoms with E-state index in [1.807, 2.05) is 6.92 Å². The number of aryl methyl sites for hydroxylation is 1. The molecule has 0 spiro atoms. The second-order valence-corrected chi connectivity index (χ2v) is 6.14. The van der Waals surface area contributed by atoms with Crippen LogP contribution in [0.1, 0.15) is 47.1 Å². The molecule has 2 rings (SSSR count). The van der Waals surface area contributed by atoms with Crippen molar-refractivity contribution in [3.8, 4) is 0 Å². The number of fused-ring (bicyclic) bond motifs is 1. The lowest BCUT2D eigenvalue weighted by Crippen LogP contribution is -2.51. The van der Waals surface area contributed by atoms with Crippen LogP contribution in [-0.2, 0) is 4.79 Å². The number of imide groups is 1.